The molecule has 2 saturated heterocycles. The second-order valence-electron chi connectivity index (χ2n) is 11.1. The number of nitrogens with zero attached hydrogens (tertiary/aromatic N) is 3. The minimum atomic E-state index is -0.971. The Hall–Kier alpha value is -3.07. The third-order valence-corrected chi connectivity index (χ3v) is 10.7. The summed E-state index contributed by atoms with van der Waals surface area (Å²) in [5.74, 6) is -2.15. The lowest BCUT2D eigenvalue weighted by Gasteiger charge is -2.39. The lowest BCUT2D eigenvalue weighted by Crippen LogP contribution is -2.57. The fourth-order valence-electron chi connectivity index (χ4n) is 6.78. The van der Waals surface area contributed by atoms with Crippen molar-refractivity contribution in [2.24, 2.45) is 17.8 Å². The monoisotopic (exact) mass is 577 g/mol. The summed E-state index contributed by atoms with van der Waals surface area (Å²) in [6.07, 6.45) is 7.92. The van der Waals surface area contributed by atoms with Gasteiger partial charge in [-0.25, -0.2) is 0 Å². The molecule has 208 valence electrons. The molecule has 0 radical (unpaired) electrons. The van der Waals surface area contributed by atoms with Crippen molar-refractivity contribution < 1.29 is 19.5 Å². The second kappa shape index (κ2) is 10.4. The summed E-state index contributed by atoms with van der Waals surface area (Å²) in [7, 11) is 0. The number of benzene rings is 2. The SMILES string of the molecule is CC(C)[C@H](CO)N1C(=O)[C@@H]2[C@H]3C(=O)N(c4ccccc4)CC=C[C@H]3S[C@@]23C=CCN(c2ccccc2Cl)C(=O)C13. The first-order chi connectivity index (χ1) is 19.3. The molecule has 2 fully saturated rings. The Labute approximate surface area is 243 Å². The first kappa shape index (κ1) is 27.1. The number of carbonyl (C=O) groups excluding carboxylic acids is 3. The van der Waals surface area contributed by atoms with E-state index in [1.165, 1.54) is 11.8 Å². The van der Waals surface area contributed by atoms with Gasteiger partial charge in [-0.3, -0.25) is 14.4 Å². The number of rotatable bonds is 5. The fourth-order valence-corrected chi connectivity index (χ4v) is 9.01. The van der Waals surface area contributed by atoms with E-state index in [9.17, 15) is 19.5 Å². The number of halogens is 1. The van der Waals surface area contributed by atoms with Crippen molar-refractivity contribution >= 4 is 52.5 Å². The van der Waals surface area contributed by atoms with E-state index in [2.05, 4.69) is 0 Å². The molecule has 1 N–H and O–H groups in total. The zero-order chi connectivity index (χ0) is 28.2. The molecule has 4 aliphatic rings. The van der Waals surface area contributed by atoms with Gasteiger partial charge >= 0.3 is 0 Å². The molecular weight excluding hydrogens is 546 g/mol. The molecule has 0 bridgehead atoms. The van der Waals surface area contributed by atoms with Crippen LogP contribution in [-0.2, 0) is 14.4 Å². The second-order valence-corrected chi connectivity index (χ2v) is 13.0. The molecule has 9 heteroatoms. The van der Waals surface area contributed by atoms with Crippen molar-refractivity contribution in [1.82, 2.24) is 4.90 Å². The zero-order valence-corrected chi connectivity index (χ0v) is 24.0. The number of hydrogen-bond acceptors (Lipinski definition) is 5. The molecular formula is C31H32ClN3O4S. The van der Waals surface area contributed by atoms with Crippen LogP contribution in [0.2, 0.25) is 5.02 Å². The van der Waals surface area contributed by atoms with Crippen LogP contribution >= 0.6 is 23.4 Å². The maximum Gasteiger partial charge on any atom is 0.251 e. The van der Waals surface area contributed by atoms with Crippen molar-refractivity contribution in [3.8, 4) is 0 Å². The van der Waals surface area contributed by atoms with Crippen LogP contribution in [0.4, 0.5) is 11.4 Å². The average molecular weight is 578 g/mol. The van der Waals surface area contributed by atoms with Crippen LogP contribution in [0.5, 0.6) is 0 Å². The average Bonchev–Trinajstić information content (AvgIpc) is 3.25. The number of amides is 3. The Bertz CT molecular complexity index is 1400. The maximum atomic E-state index is 14.6. The first-order valence-electron chi connectivity index (χ1n) is 13.7. The minimum Gasteiger partial charge on any atom is -0.394 e. The van der Waals surface area contributed by atoms with Crippen LogP contribution in [-0.4, -0.2) is 69.5 Å². The largest absolute Gasteiger partial charge is 0.394 e. The Morgan fingerprint density at radius 2 is 1.65 bits per heavy atom. The predicted molar refractivity (Wildman–Crippen MR) is 158 cm³/mol. The number of anilines is 2. The maximum absolute atomic E-state index is 14.6. The Morgan fingerprint density at radius 1 is 0.950 bits per heavy atom. The topological polar surface area (TPSA) is 81.2 Å². The molecule has 1 spiro atoms. The lowest BCUT2D eigenvalue weighted by atomic mass is 9.78. The standard InChI is InChI=1S/C31H32ClN3O4S/c1-19(2)23(18-36)35-27-30(39)34(22-13-7-6-12-21(22)32)17-9-15-31(27)26(29(35)38)25-24(40-31)14-8-16-33(28(25)37)20-10-4-3-5-11-20/h3-15,19,23-27,36H,16-18H2,1-2H3/t23-,24+,25-,26-,27?,31-/m0/s1. The van der Waals surface area contributed by atoms with Gasteiger partial charge in [0, 0.05) is 24.0 Å². The third-order valence-electron chi connectivity index (χ3n) is 8.62. The number of para-hydroxylation sites is 2. The van der Waals surface area contributed by atoms with E-state index in [1.54, 1.807) is 26.8 Å². The van der Waals surface area contributed by atoms with E-state index in [0.29, 0.717) is 17.3 Å². The smallest absolute Gasteiger partial charge is 0.251 e. The molecule has 40 heavy (non-hydrogen) atoms. The van der Waals surface area contributed by atoms with Crippen LogP contribution in [0.3, 0.4) is 0 Å². The van der Waals surface area contributed by atoms with E-state index in [4.69, 9.17) is 11.6 Å². The number of fused-ring (bicyclic) bond motifs is 2. The summed E-state index contributed by atoms with van der Waals surface area (Å²) in [4.78, 5) is 48.4. The van der Waals surface area contributed by atoms with E-state index >= 15 is 0 Å². The van der Waals surface area contributed by atoms with Gasteiger partial charge in [-0.05, 0) is 30.2 Å². The molecule has 7 nitrogen and oxygen atoms in total. The van der Waals surface area contributed by atoms with Gasteiger partial charge in [0.2, 0.25) is 11.8 Å². The molecule has 2 aromatic carbocycles. The molecule has 2 aromatic rings. The summed E-state index contributed by atoms with van der Waals surface area (Å²) in [5.41, 5.74) is 1.34. The molecule has 0 aliphatic carbocycles. The summed E-state index contributed by atoms with van der Waals surface area (Å²) in [6, 6.07) is 15.2. The molecule has 4 heterocycles. The minimum absolute atomic E-state index is 0.107. The summed E-state index contributed by atoms with van der Waals surface area (Å²) in [5, 5.41) is 10.7. The normalized spacial score (nSPS) is 30.3. The van der Waals surface area contributed by atoms with Crippen molar-refractivity contribution in [3.05, 3.63) is 83.9 Å². The van der Waals surface area contributed by atoms with Crippen molar-refractivity contribution in [1.29, 1.82) is 0 Å². The molecule has 4 aliphatic heterocycles. The van der Waals surface area contributed by atoms with Gasteiger partial charge in [-0.1, -0.05) is 80.1 Å². The third kappa shape index (κ3) is 4.03. The van der Waals surface area contributed by atoms with Gasteiger partial charge in [0.05, 0.1) is 39.9 Å². The van der Waals surface area contributed by atoms with Gasteiger partial charge in [-0.2, -0.15) is 0 Å². The zero-order valence-electron chi connectivity index (χ0n) is 22.4. The molecule has 1 unspecified atom stereocenters. The van der Waals surface area contributed by atoms with E-state index in [0.717, 1.165) is 5.69 Å². The van der Waals surface area contributed by atoms with Crippen molar-refractivity contribution in [3.63, 3.8) is 0 Å². The van der Waals surface area contributed by atoms with Gasteiger partial charge < -0.3 is 19.8 Å². The fraction of sp³-hybridized carbons (Fsp3) is 0.387. The molecule has 6 atom stereocenters. The van der Waals surface area contributed by atoms with Crippen LogP contribution < -0.4 is 9.80 Å². The van der Waals surface area contributed by atoms with Gasteiger partial charge in [-0.15, -0.1) is 11.8 Å². The van der Waals surface area contributed by atoms with Crippen LogP contribution in [0, 0.1) is 17.8 Å². The number of hydrogen-bond donors (Lipinski definition) is 1. The Balaban J connectivity index is 1.49. The summed E-state index contributed by atoms with van der Waals surface area (Å²) < 4.78 is -0.971. The van der Waals surface area contributed by atoms with Gasteiger partial charge in [0.1, 0.15) is 6.04 Å². The number of thioether (sulfide) groups is 1. The van der Waals surface area contributed by atoms with E-state index in [1.807, 2.05) is 80.6 Å². The number of aliphatic hydroxyl groups is 1. The Morgan fingerprint density at radius 3 is 2.35 bits per heavy atom. The Kier molecular flexibility index (Phi) is 7.05. The van der Waals surface area contributed by atoms with Crippen LogP contribution in [0.25, 0.3) is 0 Å². The number of aliphatic hydroxyl groups excluding tert-OH is 1. The highest BCUT2D eigenvalue weighted by molar-refractivity contribution is 8.02. The first-order valence-corrected chi connectivity index (χ1v) is 14.9. The lowest BCUT2D eigenvalue weighted by molar-refractivity contribution is -0.142. The number of likely N-dealkylation sites (tertiary alicyclic amines) is 1. The van der Waals surface area contributed by atoms with Crippen LogP contribution in [0.1, 0.15) is 13.8 Å². The molecule has 0 aromatic heterocycles. The number of carbonyl (C=O) groups is 3. The van der Waals surface area contributed by atoms with Crippen LogP contribution in [0.15, 0.2) is 78.9 Å². The van der Waals surface area contributed by atoms with Crippen molar-refractivity contribution in [2.75, 3.05) is 29.5 Å². The van der Waals surface area contributed by atoms with Crippen molar-refractivity contribution in [2.45, 2.75) is 35.9 Å². The summed E-state index contributed by atoms with van der Waals surface area (Å²) >= 11 is 8.07. The van der Waals surface area contributed by atoms with Gasteiger partial charge in [0.25, 0.3) is 5.91 Å². The van der Waals surface area contributed by atoms with E-state index < -0.39 is 28.7 Å². The highest BCUT2D eigenvalue weighted by Crippen LogP contribution is 2.61. The van der Waals surface area contributed by atoms with E-state index in [-0.39, 0.29) is 42.0 Å². The predicted octanol–water partition coefficient (Wildman–Crippen LogP) is 4.16. The molecule has 6 rings (SSSR count). The quantitative estimate of drug-likeness (QED) is 0.540. The highest BCUT2D eigenvalue weighted by atomic mass is 35.5. The molecule has 0 saturated carbocycles. The highest BCUT2D eigenvalue weighted by Gasteiger charge is 2.72. The summed E-state index contributed by atoms with van der Waals surface area (Å²) in [6.45, 7) is 4.29. The molecule has 3 amide bonds. The van der Waals surface area contributed by atoms with Gasteiger partial charge in [0.15, 0.2) is 0 Å².